The van der Waals surface area contributed by atoms with E-state index in [2.05, 4.69) is 74.3 Å². The molecule has 1 aromatic heterocycles. The minimum absolute atomic E-state index is 0.327. The lowest BCUT2D eigenvalue weighted by atomic mass is 10.0. The molecule has 4 rings (SSSR count). The van der Waals surface area contributed by atoms with Gasteiger partial charge in [0.05, 0.1) is 0 Å². The smallest absolute Gasteiger partial charge is 0.198 e. The molecular formula is C20H21NO. The Bertz CT molecular complexity index is 803. The van der Waals surface area contributed by atoms with E-state index in [9.17, 15) is 0 Å². The second kappa shape index (κ2) is 4.98. The van der Waals surface area contributed by atoms with Gasteiger partial charge in [-0.3, -0.25) is 0 Å². The van der Waals surface area contributed by atoms with Crippen molar-refractivity contribution in [3.8, 4) is 0 Å². The van der Waals surface area contributed by atoms with Crippen molar-refractivity contribution in [1.82, 2.24) is 4.98 Å². The Morgan fingerprint density at radius 1 is 0.955 bits per heavy atom. The summed E-state index contributed by atoms with van der Waals surface area (Å²) in [5.74, 6) is 3.07. The van der Waals surface area contributed by atoms with E-state index in [1.165, 1.54) is 11.1 Å². The molecule has 1 fully saturated rings. The molecule has 3 atom stereocenters. The molecule has 1 saturated carbocycles. The van der Waals surface area contributed by atoms with Crippen molar-refractivity contribution in [3.05, 3.63) is 65.5 Å². The maximum Gasteiger partial charge on any atom is 0.198 e. The zero-order valence-corrected chi connectivity index (χ0v) is 13.3. The minimum atomic E-state index is 0.327. The highest BCUT2D eigenvalue weighted by molar-refractivity contribution is 5.74. The second-order valence-corrected chi connectivity index (χ2v) is 6.76. The van der Waals surface area contributed by atoms with Gasteiger partial charge in [0.15, 0.2) is 11.5 Å². The zero-order valence-electron chi connectivity index (χ0n) is 13.3. The number of aromatic nitrogens is 1. The van der Waals surface area contributed by atoms with Gasteiger partial charge >= 0.3 is 0 Å². The lowest BCUT2D eigenvalue weighted by Gasteiger charge is -2.01. The summed E-state index contributed by atoms with van der Waals surface area (Å²) in [6.07, 6.45) is 0. The Balaban J connectivity index is 1.67. The lowest BCUT2D eigenvalue weighted by molar-refractivity contribution is 0.501. The van der Waals surface area contributed by atoms with E-state index < -0.39 is 0 Å². The maximum atomic E-state index is 5.91. The van der Waals surface area contributed by atoms with Crippen LogP contribution in [0, 0.1) is 5.92 Å². The number of oxazole rings is 1. The van der Waals surface area contributed by atoms with Crippen molar-refractivity contribution >= 4 is 11.1 Å². The normalized spacial score (nSPS) is 24.1. The number of benzene rings is 2. The number of hydrogen-bond donors (Lipinski definition) is 0. The number of nitrogens with zero attached hydrogens (tertiary/aromatic N) is 1. The number of fused-ring (bicyclic) bond motifs is 1. The van der Waals surface area contributed by atoms with Crippen molar-refractivity contribution < 1.29 is 4.42 Å². The molecule has 112 valence electrons. The van der Waals surface area contributed by atoms with Gasteiger partial charge in [-0.05, 0) is 41.0 Å². The largest absolute Gasteiger partial charge is 0.440 e. The molecular weight excluding hydrogens is 270 g/mol. The van der Waals surface area contributed by atoms with E-state index in [0.29, 0.717) is 23.7 Å². The van der Waals surface area contributed by atoms with Crippen molar-refractivity contribution in [3.63, 3.8) is 0 Å². The van der Waals surface area contributed by atoms with Crippen LogP contribution >= 0.6 is 0 Å². The molecule has 0 unspecified atom stereocenters. The van der Waals surface area contributed by atoms with Crippen LogP contribution in [-0.4, -0.2) is 4.98 Å². The van der Waals surface area contributed by atoms with Crippen LogP contribution in [0.25, 0.3) is 11.1 Å². The molecule has 0 bridgehead atoms. The Morgan fingerprint density at radius 3 is 2.41 bits per heavy atom. The fraction of sp³-hybridized carbons (Fsp3) is 0.350. The highest BCUT2D eigenvalue weighted by atomic mass is 16.3. The highest BCUT2D eigenvalue weighted by Crippen LogP contribution is 2.60. The van der Waals surface area contributed by atoms with Crippen molar-refractivity contribution in [1.29, 1.82) is 0 Å². The van der Waals surface area contributed by atoms with E-state index in [1.54, 1.807) is 0 Å². The molecule has 2 heteroatoms. The molecule has 0 spiro atoms. The predicted molar refractivity (Wildman–Crippen MR) is 89.2 cm³/mol. The van der Waals surface area contributed by atoms with Crippen molar-refractivity contribution in [2.24, 2.45) is 5.92 Å². The van der Waals surface area contributed by atoms with E-state index in [0.717, 1.165) is 17.0 Å². The Morgan fingerprint density at radius 2 is 1.68 bits per heavy atom. The topological polar surface area (TPSA) is 26.0 Å². The maximum absolute atomic E-state index is 5.91. The van der Waals surface area contributed by atoms with Crippen LogP contribution in [0.2, 0.25) is 0 Å². The Kier molecular flexibility index (Phi) is 3.07. The monoisotopic (exact) mass is 291 g/mol. The van der Waals surface area contributed by atoms with Gasteiger partial charge in [-0.1, -0.05) is 57.2 Å². The van der Waals surface area contributed by atoms with Gasteiger partial charge in [-0.15, -0.1) is 0 Å². The predicted octanol–water partition coefficient (Wildman–Crippen LogP) is 5.47. The molecule has 0 saturated heterocycles. The number of hydrogen-bond acceptors (Lipinski definition) is 2. The van der Waals surface area contributed by atoms with Gasteiger partial charge < -0.3 is 4.42 Å². The summed E-state index contributed by atoms with van der Waals surface area (Å²) in [6, 6.07) is 17.3. The summed E-state index contributed by atoms with van der Waals surface area (Å²) >= 11 is 0. The summed E-state index contributed by atoms with van der Waals surface area (Å²) in [5.41, 5.74) is 4.71. The zero-order chi connectivity index (χ0) is 15.3. The molecule has 0 radical (unpaired) electrons. The average Bonchev–Trinajstić information content (AvgIpc) is 3.01. The summed E-state index contributed by atoms with van der Waals surface area (Å²) in [7, 11) is 0. The molecule has 22 heavy (non-hydrogen) atoms. The van der Waals surface area contributed by atoms with Crippen LogP contribution in [0.4, 0.5) is 0 Å². The molecule has 1 heterocycles. The first-order chi connectivity index (χ1) is 10.6. The van der Waals surface area contributed by atoms with Crippen molar-refractivity contribution in [2.75, 3.05) is 0 Å². The molecule has 1 aliphatic rings. The van der Waals surface area contributed by atoms with Crippen LogP contribution in [0.1, 0.15) is 55.5 Å². The van der Waals surface area contributed by atoms with Gasteiger partial charge in [0, 0.05) is 5.92 Å². The van der Waals surface area contributed by atoms with Crippen molar-refractivity contribution in [2.45, 2.75) is 38.5 Å². The van der Waals surface area contributed by atoms with Gasteiger partial charge in [0.1, 0.15) is 5.52 Å². The molecule has 1 aliphatic carbocycles. The molecule has 2 aromatic carbocycles. The van der Waals surface area contributed by atoms with Gasteiger partial charge in [0.2, 0.25) is 0 Å². The summed E-state index contributed by atoms with van der Waals surface area (Å²) in [4.78, 5) is 4.56. The van der Waals surface area contributed by atoms with Crippen LogP contribution in [-0.2, 0) is 0 Å². The third-order valence-electron chi connectivity index (χ3n) is 4.87. The molecule has 2 nitrogen and oxygen atoms in total. The Hall–Kier alpha value is -2.09. The van der Waals surface area contributed by atoms with Gasteiger partial charge in [-0.2, -0.15) is 0 Å². The summed E-state index contributed by atoms with van der Waals surface area (Å²) in [5, 5.41) is 0. The lowest BCUT2D eigenvalue weighted by Crippen LogP contribution is -1.84. The standard InChI is InChI=1S/C20H21NO/c1-12(2)20-21-16-10-9-15(11-17(16)22-20)19-13(3)18(19)14-7-5-4-6-8-14/h4-13,18-19H,1-3H3/t13-,18-,19-/m1/s1. The average molecular weight is 291 g/mol. The molecule has 3 aromatic rings. The van der Waals surface area contributed by atoms with Gasteiger partial charge in [0.25, 0.3) is 0 Å². The van der Waals surface area contributed by atoms with Crippen LogP contribution < -0.4 is 0 Å². The van der Waals surface area contributed by atoms with Crippen LogP contribution in [0.3, 0.4) is 0 Å². The first-order valence-corrected chi connectivity index (χ1v) is 8.10. The summed E-state index contributed by atoms with van der Waals surface area (Å²) < 4.78 is 5.91. The highest BCUT2D eigenvalue weighted by Gasteiger charge is 2.48. The fourth-order valence-corrected chi connectivity index (χ4v) is 3.57. The fourth-order valence-electron chi connectivity index (χ4n) is 3.57. The first kappa shape index (κ1) is 13.6. The Labute approximate surface area is 131 Å². The van der Waals surface area contributed by atoms with Crippen LogP contribution in [0.15, 0.2) is 52.9 Å². The minimum Gasteiger partial charge on any atom is -0.440 e. The van der Waals surface area contributed by atoms with Crippen LogP contribution in [0.5, 0.6) is 0 Å². The van der Waals surface area contributed by atoms with E-state index in [-0.39, 0.29) is 0 Å². The van der Waals surface area contributed by atoms with E-state index in [1.807, 2.05) is 0 Å². The molecule has 0 aliphatic heterocycles. The quantitative estimate of drug-likeness (QED) is 0.639. The third kappa shape index (κ3) is 2.14. The second-order valence-electron chi connectivity index (χ2n) is 6.76. The SMILES string of the molecule is CC(C)c1nc2ccc([C@H]3[C@H](C)[C@@H]3c3ccccc3)cc2o1. The van der Waals surface area contributed by atoms with E-state index in [4.69, 9.17) is 4.42 Å². The van der Waals surface area contributed by atoms with E-state index >= 15 is 0 Å². The third-order valence-corrected chi connectivity index (χ3v) is 4.87. The first-order valence-electron chi connectivity index (χ1n) is 8.10. The molecule has 0 amide bonds. The molecule has 0 N–H and O–H groups in total. The van der Waals surface area contributed by atoms with Gasteiger partial charge in [-0.25, -0.2) is 4.98 Å². The summed E-state index contributed by atoms with van der Waals surface area (Å²) in [6.45, 7) is 6.56. The number of rotatable bonds is 3.